The summed E-state index contributed by atoms with van der Waals surface area (Å²) in [7, 11) is 1.91. The van der Waals surface area contributed by atoms with E-state index in [1.54, 1.807) is 4.68 Å². The third-order valence-electron chi connectivity index (χ3n) is 3.26. The summed E-state index contributed by atoms with van der Waals surface area (Å²) >= 11 is 0. The van der Waals surface area contributed by atoms with Crippen LogP contribution in [0.2, 0.25) is 0 Å². The molecule has 0 amide bonds. The van der Waals surface area contributed by atoms with Gasteiger partial charge in [-0.15, -0.1) is 5.10 Å². The van der Waals surface area contributed by atoms with E-state index in [1.165, 1.54) is 25.8 Å². The molecule has 1 fully saturated rings. The first-order valence-electron chi connectivity index (χ1n) is 6.09. The summed E-state index contributed by atoms with van der Waals surface area (Å²) in [5.41, 5.74) is 6.72. The third kappa shape index (κ3) is 2.80. The number of nitrogens with zero attached hydrogens (tertiary/aromatic N) is 4. The van der Waals surface area contributed by atoms with Crippen LogP contribution in [0.4, 0.5) is 0 Å². The van der Waals surface area contributed by atoms with Gasteiger partial charge in [0.2, 0.25) is 0 Å². The van der Waals surface area contributed by atoms with Crippen molar-refractivity contribution < 1.29 is 0 Å². The lowest BCUT2D eigenvalue weighted by Crippen LogP contribution is -2.40. The van der Waals surface area contributed by atoms with Gasteiger partial charge in [-0.25, -0.2) is 0 Å². The van der Waals surface area contributed by atoms with Crippen molar-refractivity contribution in [2.45, 2.75) is 38.3 Å². The summed E-state index contributed by atoms with van der Waals surface area (Å²) in [6.07, 6.45) is 6.99. The molecule has 1 atom stereocenters. The Balaban J connectivity index is 1.95. The Hall–Kier alpha value is -0.940. The molecule has 0 aromatic carbocycles. The molecule has 0 spiro atoms. The molecular formula is C11H21N5. The minimum absolute atomic E-state index is 0.640. The molecule has 1 aliphatic rings. The summed E-state index contributed by atoms with van der Waals surface area (Å²) in [4.78, 5) is 2.50. The lowest BCUT2D eigenvalue weighted by molar-refractivity contribution is 0.132. The highest BCUT2D eigenvalue weighted by Gasteiger charge is 2.22. The second kappa shape index (κ2) is 5.41. The zero-order valence-corrected chi connectivity index (χ0v) is 9.97. The second-order valence-corrected chi connectivity index (χ2v) is 4.58. The highest BCUT2D eigenvalue weighted by atomic mass is 15.4. The standard InChI is InChI=1S/C11H21N5/c1-15-8-10(13-14-15)9-16-7-3-2-4-11(16)5-6-12/h8,11H,2-7,9,12H2,1H3. The number of piperidine rings is 1. The van der Waals surface area contributed by atoms with Crippen LogP contribution >= 0.6 is 0 Å². The van der Waals surface area contributed by atoms with Crippen LogP contribution in [-0.4, -0.2) is 39.0 Å². The lowest BCUT2D eigenvalue weighted by atomic mass is 9.99. The molecule has 1 aromatic rings. The molecular weight excluding hydrogens is 202 g/mol. The van der Waals surface area contributed by atoms with Crippen LogP contribution in [-0.2, 0) is 13.6 Å². The molecule has 0 aliphatic carbocycles. The Bertz CT molecular complexity index is 320. The Morgan fingerprint density at radius 1 is 1.50 bits per heavy atom. The molecule has 2 N–H and O–H groups in total. The van der Waals surface area contributed by atoms with Crippen LogP contribution in [0.1, 0.15) is 31.4 Å². The molecule has 1 saturated heterocycles. The fourth-order valence-corrected chi connectivity index (χ4v) is 2.46. The quantitative estimate of drug-likeness (QED) is 0.808. The smallest absolute Gasteiger partial charge is 0.0967 e. The first kappa shape index (κ1) is 11.5. The van der Waals surface area contributed by atoms with Crippen molar-refractivity contribution in [1.82, 2.24) is 19.9 Å². The van der Waals surface area contributed by atoms with Crippen LogP contribution in [0, 0.1) is 0 Å². The van der Waals surface area contributed by atoms with Gasteiger partial charge in [0.05, 0.1) is 5.69 Å². The summed E-state index contributed by atoms with van der Waals surface area (Å²) in [5, 5.41) is 8.11. The minimum atomic E-state index is 0.640. The van der Waals surface area contributed by atoms with E-state index in [9.17, 15) is 0 Å². The minimum Gasteiger partial charge on any atom is -0.330 e. The fraction of sp³-hybridized carbons (Fsp3) is 0.818. The summed E-state index contributed by atoms with van der Waals surface area (Å²) < 4.78 is 1.76. The van der Waals surface area contributed by atoms with E-state index < -0.39 is 0 Å². The van der Waals surface area contributed by atoms with Crippen LogP contribution in [0.3, 0.4) is 0 Å². The molecule has 1 unspecified atom stereocenters. The topological polar surface area (TPSA) is 60.0 Å². The Kier molecular flexibility index (Phi) is 3.90. The van der Waals surface area contributed by atoms with E-state index >= 15 is 0 Å². The zero-order valence-electron chi connectivity index (χ0n) is 9.97. The Labute approximate surface area is 96.6 Å². The van der Waals surface area contributed by atoms with Crippen molar-refractivity contribution >= 4 is 0 Å². The number of likely N-dealkylation sites (tertiary alicyclic amines) is 1. The van der Waals surface area contributed by atoms with Gasteiger partial charge in [0.15, 0.2) is 0 Å². The van der Waals surface area contributed by atoms with Crippen molar-refractivity contribution in [2.75, 3.05) is 13.1 Å². The van der Waals surface area contributed by atoms with Gasteiger partial charge in [0, 0.05) is 25.8 Å². The maximum atomic E-state index is 5.66. The molecule has 2 heterocycles. The maximum Gasteiger partial charge on any atom is 0.0967 e. The Morgan fingerprint density at radius 3 is 3.06 bits per heavy atom. The molecule has 0 bridgehead atoms. The molecule has 1 aromatic heterocycles. The molecule has 0 radical (unpaired) electrons. The first-order chi connectivity index (χ1) is 7.79. The molecule has 90 valence electrons. The number of rotatable bonds is 4. The molecule has 1 aliphatic heterocycles. The van der Waals surface area contributed by atoms with Crippen LogP contribution in [0.5, 0.6) is 0 Å². The van der Waals surface area contributed by atoms with Crippen molar-refractivity contribution in [3.8, 4) is 0 Å². The summed E-state index contributed by atoms with van der Waals surface area (Å²) in [6, 6.07) is 0.640. The Morgan fingerprint density at radius 2 is 2.38 bits per heavy atom. The molecule has 5 heteroatoms. The molecule has 2 rings (SSSR count). The van der Waals surface area contributed by atoms with E-state index in [0.717, 1.165) is 25.2 Å². The second-order valence-electron chi connectivity index (χ2n) is 4.58. The van der Waals surface area contributed by atoms with E-state index in [4.69, 9.17) is 5.73 Å². The number of aromatic nitrogens is 3. The van der Waals surface area contributed by atoms with Crippen molar-refractivity contribution in [2.24, 2.45) is 12.8 Å². The van der Waals surface area contributed by atoms with Crippen molar-refractivity contribution in [3.05, 3.63) is 11.9 Å². The lowest BCUT2D eigenvalue weighted by Gasteiger charge is -2.34. The van der Waals surface area contributed by atoms with Crippen LogP contribution in [0.15, 0.2) is 6.20 Å². The highest BCUT2D eigenvalue weighted by molar-refractivity contribution is 4.93. The van der Waals surface area contributed by atoms with E-state index in [0.29, 0.717) is 6.04 Å². The third-order valence-corrected chi connectivity index (χ3v) is 3.26. The van der Waals surface area contributed by atoms with Crippen LogP contribution < -0.4 is 5.73 Å². The molecule has 16 heavy (non-hydrogen) atoms. The van der Waals surface area contributed by atoms with Gasteiger partial charge >= 0.3 is 0 Å². The van der Waals surface area contributed by atoms with E-state index in [-0.39, 0.29) is 0 Å². The highest BCUT2D eigenvalue weighted by Crippen LogP contribution is 2.20. The van der Waals surface area contributed by atoms with Crippen molar-refractivity contribution in [3.63, 3.8) is 0 Å². The average molecular weight is 223 g/mol. The van der Waals surface area contributed by atoms with E-state index in [2.05, 4.69) is 15.2 Å². The number of aryl methyl sites for hydroxylation is 1. The predicted molar refractivity (Wildman–Crippen MR) is 62.7 cm³/mol. The SMILES string of the molecule is Cn1cc(CN2CCCCC2CCN)nn1. The van der Waals surface area contributed by atoms with Gasteiger partial charge in [0.1, 0.15) is 0 Å². The van der Waals surface area contributed by atoms with Gasteiger partial charge in [-0.05, 0) is 32.4 Å². The molecule has 0 saturated carbocycles. The number of nitrogens with two attached hydrogens (primary N) is 1. The van der Waals surface area contributed by atoms with Gasteiger partial charge in [0.25, 0.3) is 0 Å². The summed E-state index contributed by atoms with van der Waals surface area (Å²) in [6.45, 7) is 2.86. The number of hydrogen-bond donors (Lipinski definition) is 1. The van der Waals surface area contributed by atoms with Gasteiger partial charge in [-0.2, -0.15) is 0 Å². The fourth-order valence-electron chi connectivity index (χ4n) is 2.46. The normalized spacial score (nSPS) is 22.5. The van der Waals surface area contributed by atoms with E-state index in [1.807, 2.05) is 13.2 Å². The first-order valence-corrected chi connectivity index (χ1v) is 6.09. The van der Waals surface area contributed by atoms with Crippen molar-refractivity contribution in [1.29, 1.82) is 0 Å². The largest absolute Gasteiger partial charge is 0.330 e. The van der Waals surface area contributed by atoms with Crippen LogP contribution in [0.25, 0.3) is 0 Å². The average Bonchev–Trinajstić information content (AvgIpc) is 2.67. The molecule has 5 nitrogen and oxygen atoms in total. The number of hydrogen-bond acceptors (Lipinski definition) is 4. The summed E-state index contributed by atoms with van der Waals surface area (Å²) in [5.74, 6) is 0. The van der Waals surface area contributed by atoms with Gasteiger partial charge < -0.3 is 5.73 Å². The van der Waals surface area contributed by atoms with Gasteiger partial charge in [-0.3, -0.25) is 9.58 Å². The zero-order chi connectivity index (χ0) is 11.4. The van der Waals surface area contributed by atoms with Gasteiger partial charge in [-0.1, -0.05) is 11.6 Å². The predicted octanol–water partition coefficient (Wildman–Crippen LogP) is 0.518. The monoisotopic (exact) mass is 223 g/mol. The maximum absolute atomic E-state index is 5.66.